The molecule has 0 aromatic heterocycles. The molecule has 0 spiro atoms. The molecule has 0 fully saturated rings. The molecule has 2 aromatic rings. The number of hydrogen-bond donors (Lipinski definition) is 0. The molecular formula is C14H12BrCl2NO2S. The van der Waals surface area contributed by atoms with Crippen LogP contribution in [0.1, 0.15) is 5.56 Å². The Morgan fingerprint density at radius 3 is 2.43 bits per heavy atom. The van der Waals surface area contributed by atoms with E-state index < -0.39 is 10.0 Å². The molecule has 21 heavy (non-hydrogen) atoms. The summed E-state index contributed by atoms with van der Waals surface area (Å²) in [6.45, 7) is 0.266. The normalized spacial score (nSPS) is 11.9. The van der Waals surface area contributed by atoms with Crippen molar-refractivity contribution < 1.29 is 8.42 Å². The van der Waals surface area contributed by atoms with Crippen molar-refractivity contribution in [1.82, 2.24) is 4.31 Å². The fourth-order valence-electron chi connectivity index (χ4n) is 1.79. The fraction of sp³-hybridized carbons (Fsp3) is 0.143. The third kappa shape index (κ3) is 3.99. The summed E-state index contributed by atoms with van der Waals surface area (Å²) in [5.41, 5.74) is 0.885. The van der Waals surface area contributed by atoms with E-state index in [0.29, 0.717) is 5.02 Å². The topological polar surface area (TPSA) is 37.4 Å². The first kappa shape index (κ1) is 16.8. The number of sulfonamides is 1. The second-order valence-corrected chi connectivity index (χ2v) is 8.24. The standard InChI is InChI=1S/C14H12BrCl2NO2S/c1-18(9-10-3-2-4-11(15)7-10)21(19,20)12-5-6-13(16)14(17)8-12/h2-8H,9H2,1H3. The Morgan fingerprint density at radius 1 is 1.10 bits per heavy atom. The van der Waals surface area contributed by atoms with Crippen LogP contribution in [0, 0.1) is 0 Å². The maximum atomic E-state index is 12.5. The van der Waals surface area contributed by atoms with Crippen LogP contribution in [-0.2, 0) is 16.6 Å². The van der Waals surface area contributed by atoms with Crippen molar-refractivity contribution in [2.75, 3.05) is 7.05 Å². The summed E-state index contributed by atoms with van der Waals surface area (Å²) >= 11 is 15.1. The largest absolute Gasteiger partial charge is 0.243 e. The van der Waals surface area contributed by atoms with Crippen LogP contribution < -0.4 is 0 Å². The highest BCUT2D eigenvalue weighted by molar-refractivity contribution is 9.10. The molecule has 0 unspecified atom stereocenters. The molecule has 0 aliphatic rings. The lowest BCUT2D eigenvalue weighted by atomic mass is 10.2. The molecule has 0 aliphatic heterocycles. The van der Waals surface area contributed by atoms with E-state index >= 15 is 0 Å². The van der Waals surface area contributed by atoms with Crippen molar-refractivity contribution >= 4 is 49.2 Å². The van der Waals surface area contributed by atoms with Crippen LogP contribution >= 0.6 is 39.1 Å². The monoisotopic (exact) mass is 407 g/mol. The van der Waals surface area contributed by atoms with Gasteiger partial charge in [-0.2, -0.15) is 4.31 Å². The van der Waals surface area contributed by atoms with E-state index in [1.54, 1.807) is 0 Å². The van der Waals surface area contributed by atoms with Gasteiger partial charge in [-0.15, -0.1) is 0 Å². The van der Waals surface area contributed by atoms with Gasteiger partial charge in [0.2, 0.25) is 10.0 Å². The molecule has 2 rings (SSSR count). The Morgan fingerprint density at radius 2 is 1.81 bits per heavy atom. The maximum Gasteiger partial charge on any atom is 0.243 e. The highest BCUT2D eigenvalue weighted by atomic mass is 79.9. The Kier molecular flexibility index (Phi) is 5.33. The first-order valence-electron chi connectivity index (χ1n) is 5.96. The van der Waals surface area contributed by atoms with E-state index in [0.717, 1.165) is 10.0 Å². The van der Waals surface area contributed by atoms with E-state index in [1.165, 1.54) is 29.6 Å². The molecule has 0 radical (unpaired) electrons. The predicted molar refractivity (Wildman–Crippen MR) is 89.3 cm³/mol. The zero-order valence-electron chi connectivity index (χ0n) is 11.1. The first-order chi connectivity index (χ1) is 9.80. The minimum atomic E-state index is -3.61. The molecule has 0 aliphatic carbocycles. The maximum absolute atomic E-state index is 12.5. The Labute approximate surface area is 142 Å². The van der Waals surface area contributed by atoms with Crippen LogP contribution in [0.5, 0.6) is 0 Å². The van der Waals surface area contributed by atoms with Gasteiger partial charge in [0.15, 0.2) is 0 Å². The summed E-state index contributed by atoms with van der Waals surface area (Å²) in [4.78, 5) is 0.120. The molecular weight excluding hydrogens is 397 g/mol. The Hall–Kier alpha value is -0.590. The number of rotatable bonds is 4. The summed E-state index contributed by atoms with van der Waals surface area (Å²) in [6, 6.07) is 11.8. The minimum absolute atomic E-state index is 0.120. The van der Waals surface area contributed by atoms with Gasteiger partial charge in [0.05, 0.1) is 14.9 Å². The number of nitrogens with zero attached hydrogens (tertiary/aromatic N) is 1. The van der Waals surface area contributed by atoms with Gasteiger partial charge in [-0.3, -0.25) is 0 Å². The second-order valence-electron chi connectivity index (χ2n) is 4.47. The molecule has 0 atom stereocenters. The lowest BCUT2D eigenvalue weighted by Crippen LogP contribution is -2.26. The smallest absolute Gasteiger partial charge is 0.207 e. The van der Waals surface area contributed by atoms with E-state index in [1.807, 2.05) is 24.3 Å². The summed E-state index contributed by atoms with van der Waals surface area (Å²) in [5.74, 6) is 0. The zero-order chi connectivity index (χ0) is 15.6. The van der Waals surface area contributed by atoms with E-state index in [2.05, 4.69) is 15.9 Å². The third-order valence-electron chi connectivity index (χ3n) is 2.89. The number of halogens is 3. The summed E-state index contributed by atoms with van der Waals surface area (Å²) in [6.07, 6.45) is 0. The van der Waals surface area contributed by atoms with Crippen molar-refractivity contribution in [2.45, 2.75) is 11.4 Å². The molecule has 0 amide bonds. The van der Waals surface area contributed by atoms with Gasteiger partial charge in [0.25, 0.3) is 0 Å². The van der Waals surface area contributed by atoms with Crippen LogP contribution in [0.15, 0.2) is 51.8 Å². The van der Waals surface area contributed by atoms with Gasteiger partial charge in [0, 0.05) is 18.1 Å². The number of benzene rings is 2. The lowest BCUT2D eigenvalue weighted by molar-refractivity contribution is 0.466. The molecule has 0 heterocycles. The van der Waals surface area contributed by atoms with Gasteiger partial charge in [-0.1, -0.05) is 51.3 Å². The SMILES string of the molecule is CN(Cc1cccc(Br)c1)S(=O)(=O)c1ccc(Cl)c(Cl)c1. The molecule has 7 heteroatoms. The van der Waals surface area contributed by atoms with Crippen LogP contribution in [0.2, 0.25) is 10.0 Å². The summed E-state index contributed by atoms with van der Waals surface area (Å²) in [5, 5.41) is 0.541. The average Bonchev–Trinajstić information content (AvgIpc) is 2.41. The predicted octanol–water partition coefficient (Wildman–Crippen LogP) is 4.58. The van der Waals surface area contributed by atoms with Crippen molar-refractivity contribution in [1.29, 1.82) is 0 Å². The summed E-state index contributed by atoms with van der Waals surface area (Å²) in [7, 11) is -2.09. The molecule has 0 saturated carbocycles. The first-order valence-corrected chi connectivity index (χ1v) is 8.95. The van der Waals surface area contributed by atoms with Crippen molar-refractivity contribution in [3.05, 3.63) is 62.5 Å². The highest BCUT2D eigenvalue weighted by Crippen LogP contribution is 2.26. The van der Waals surface area contributed by atoms with E-state index in [-0.39, 0.29) is 16.5 Å². The highest BCUT2D eigenvalue weighted by Gasteiger charge is 2.21. The minimum Gasteiger partial charge on any atom is -0.207 e. The third-order valence-corrected chi connectivity index (χ3v) is 5.93. The quantitative estimate of drug-likeness (QED) is 0.742. The van der Waals surface area contributed by atoms with Crippen molar-refractivity contribution in [3.63, 3.8) is 0 Å². The Bertz CT molecular complexity index is 765. The molecule has 0 saturated heterocycles. The van der Waals surface area contributed by atoms with Gasteiger partial charge in [-0.05, 0) is 35.9 Å². The number of hydrogen-bond acceptors (Lipinski definition) is 2. The van der Waals surface area contributed by atoms with E-state index in [4.69, 9.17) is 23.2 Å². The van der Waals surface area contributed by atoms with Crippen LogP contribution in [-0.4, -0.2) is 19.8 Å². The molecule has 0 bridgehead atoms. The second kappa shape index (κ2) is 6.67. The van der Waals surface area contributed by atoms with Gasteiger partial charge in [0.1, 0.15) is 0 Å². The van der Waals surface area contributed by atoms with Gasteiger partial charge < -0.3 is 0 Å². The zero-order valence-corrected chi connectivity index (χ0v) is 15.0. The molecule has 0 N–H and O–H groups in total. The lowest BCUT2D eigenvalue weighted by Gasteiger charge is -2.17. The Balaban J connectivity index is 2.28. The van der Waals surface area contributed by atoms with Crippen LogP contribution in [0.4, 0.5) is 0 Å². The average molecular weight is 409 g/mol. The van der Waals surface area contributed by atoms with Gasteiger partial charge >= 0.3 is 0 Å². The molecule has 112 valence electrons. The summed E-state index contributed by atoms with van der Waals surface area (Å²) < 4.78 is 27.2. The van der Waals surface area contributed by atoms with Gasteiger partial charge in [-0.25, -0.2) is 8.42 Å². The fourth-order valence-corrected chi connectivity index (χ4v) is 3.79. The molecule has 3 nitrogen and oxygen atoms in total. The van der Waals surface area contributed by atoms with Crippen molar-refractivity contribution in [3.8, 4) is 0 Å². The molecule has 2 aromatic carbocycles. The van der Waals surface area contributed by atoms with Crippen LogP contribution in [0.25, 0.3) is 0 Å². The van der Waals surface area contributed by atoms with Crippen LogP contribution in [0.3, 0.4) is 0 Å². The van der Waals surface area contributed by atoms with Crippen molar-refractivity contribution in [2.24, 2.45) is 0 Å². The van der Waals surface area contributed by atoms with E-state index in [9.17, 15) is 8.42 Å².